The van der Waals surface area contributed by atoms with E-state index in [-0.39, 0.29) is 18.9 Å². The van der Waals surface area contributed by atoms with E-state index in [1.807, 2.05) is 6.92 Å². The highest BCUT2D eigenvalue weighted by molar-refractivity contribution is 5.97. The Morgan fingerprint density at radius 2 is 1.97 bits per heavy atom. The van der Waals surface area contributed by atoms with Crippen LogP contribution in [-0.2, 0) is 15.9 Å². The molecule has 3 heterocycles. The number of aryl methyl sites for hydroxylation is 1. The summed E-state index contributed by atoms with van der Waals surface area (Å²) >= 11 is 0. The predicted octanol–water partition coefficient (Wildman–Crippen LogP) is 5.02. The highest BCUT2D eigenvalue weighted by Crippen LogP contribution is 2.37. The minimum atomic E-state index is -0.777. The number of aromatic nitrogens is 2. The molecule has 2 fully saturated rings. The van der Waals surface area contributed by atoms with Gasteiger partial charge in [-0.25, -0.2) is 23.9 Å². The molecule has 0 aliphatic carbocycles. The van der Waals surface area contributed by atoms with Gasteiger partial charge in [-0.05, 0) is 57.0 Å². The number of fused-ring (bicyclic) bond motifs is 1. The van der Waals surface area contributed by atoms with Crippen LogP contribution in [0.4, 0.5) is 31.2 Å². The summed E-state index contributed by atoms with van der Waals surface area (Å²) in [5, 5.41) is 3.71. The number of nitrogens with one attached hydrogen (secondary N) is 1. The van der Waals surface area contributed by atoms with Crippen molar-refractivity contribution in [3.05, 3.63) is 54.1 Å². The average molecular weight is 494 g/mol. The van der Waals surface area contributed by atoms with E-state index in [1.54, 1.807) is 57.2 Å². The third kappa shape index (κ3) is 4.38. The van der Waals surface area contributed by atoms with Gasteiger partial charge < -0.3 is 14.8 Å². The van der Waals surface area contributed by atoms with Crippen molar-refractivity contribution in [2.75, 3.05) is 29.9 Å². The van der Waals surface area contributed by atoms with Gasteiger partial charge in [0.05, 0.1) is 30.8 Å². The van der Waals surface area contributed by atoms with Crippen LogP contribution in [0.15, 0.2) is 42.7 Å². The van der Waals surface area contributed by atoms with Gasteiger partial charge in [0, 0.05) is 11.1 Å². The molecule has 3 aromatic rings. The summed E-state index contributed by atoms with van der Waals surface area (Å²) < 4.78 is 25.9. The van der Waals surface area contributed by atoms with E-state index in [2.05, 4.69) is 15.3 Å². The lowest BCUT2D eigenvalue weighted by Gasteiger charge is -2.45. The largest absolute Gasteiger partial charge is 0.444 e. The SMILES string of the molecule is CCc1cccc(Nc2ncnc3ccc(N4CC5(CN(C(=O)OC(C)(C)C)C5)OC4=O)cc23)c1F. The van der Waals surface area contributed by atoms with Gasteiger partial charge in [0.15, 0.2) is 5.60 Å². The number of rotatable bonds is 4. The monoisotopic (exact) mass is 493 g/mol. The molecule has 36 heavy (non-hydrogen) atoms. The number of hydrogen-bond acceptors (Lipinski definition) is 7. The van der Waals surface area contributed by atoms with Crippen molar-refractivity contribution in [3.63, 3.8) is 0 Å². The molecule has 2 aliphatic rings. The van der Waals surface area contributed by atoms with Crippen LogP contribution in [0, 0.1) is 5.82 Å². The van der Waals surface area contributed by atoms with Crippen molar-refractivity contribution in [2.45, 2.75) is 45.3 Å². The van der Waals surface area contributed by atoms with E-state index < -0.39 is 23.4 Å². The zero-order chi connectivity index (χ0) is 25.7. The Morgan fingerprint density at radius 3 is 2.69 bits per heavy atom. The Bertz CT molecular complexity index is 1350. The molecule has 2 amide bonds. The molecular formula is C26H28FN5O4. The minimum Gasteiger partial charge on any atom is -0.444 e. The first-order valence-corrected chi connectivity index (χ1v) is 11.9. The second-order valence-corrected chi connectivity index (χ2v) is 10.2. The number of carbonyl (C=O) groups is 2. The van der Waals surface area contributed by atoms with E-state index in [1.165, 1.54) is 16.1 Å². The second kappa shape index (κ2) is 8.61. The van der Waals surface area contributed by atoms with E-state index >= 15 is 0 Å². The normalized spacial score (nSPS) is 16.8. The molecule has 5 rings (SSSR count). The number of likely N-dealkylation sites (tertiary alicyclic amines) is 1. The molecule has 0 radical (unpaired) electrons. The van der Waals surface area contributed by atoms with Gasteiger partial charge in [-0.15, -0.1) is 0 Å². The number of hydrogen-bond donors (Lipinski definition) is 1. The fraction of sp³-hybridized carbons (Fsp3) is 0.385. The summed E-state index contributed by atoms with van der Waals surface area (Å²) in [6, 6.07) is 10.5. The number of halogens is 1. The van der Waals surface area contributed by atoms with Crippen molar-refractivity contribution in [3.8, 4) is 0 Å². The van der Waals surface area contributed by atoms with Crippen LogP contribution in [0.25, 0.3) is 10.9 Å². The first kappa shape index (κ1) is 23.8. The van der Waals surface area contributed by atoms with Crippen LogP contribution < -0.4 is 10.2 Å². The quantitative estimate of drug-likeness (QED) is 0.545. The van der Waals surface area contributed by atoms with Crippen LogP contribution in [0.1, 0.15) is 33.3 Å². The number of ether oxygens (including phenoxy) is 2. The highest BCUT2D eigenvalue weighted by atomic mass is 19.1. The number of nitrogens with zero attached hydrogens (tertiary/aromatic N) is 4. The van der Waals surface area contributed by atoms with Crippen molar-refractivity contribution >= 4 is 40.3 Å². The van der Waals surface area contributed by atoms with Crippen molar-refractivity contribution in [2.24, 2.45) is 0 Å². The van der Waals surface area contributed by atoms with Crippen LogP contribution in [-0.4, -0.2) is 57.9 Å². The molecule has 2 aromatic carbocycles. The van der Waals surface area contributed by atoms with E-state index in [0.717, 1.165) is 0 Å². The molecular weight excluding hydrogens is 465 g/mol. The maximum Gasteiger partial charge on any atom is 0.415 e. The van der Waals surface area contributed by atoms with Crippen LogP contribution in [0.5, 0.6) is 0 Å². The third-order valence-corrected chi connectivity index (χ3v) is 6.22. The predicted molar refractivity (Wildman–Crippen MR) is 133 cm³/mol. The van der Waals surface area contributed by atoms with Gasteiger partial charge in [-0.2, -0.15) is 0 Å². The maximum absolute atomic E-state index is 14.8. The summed E-state index contributed by atoms with van der Waals surface area (Å²) in [6.07, 6.45) is 1.05. The summed E-state index contributed by atoms with van der Waals surface area (Å²) in [4.78, 5) is 36.8. The molecule has 0 bridgehead atoms. The Hall–Kier alpha value is -3.95. The molecule has 9 nitrogen and oxygen atoms in total. The lowest BCUT2D eigenvalue weighted by atomic mass is 9.94. The Balaban J connectivity index is 1.37. The zero-order valence-electron chi connectivity index (χ0n) is 20.7. The summed E-state index contributed by atoms with van der Waals surface area (Å²) in [5.41, 5.74) is 0.783. The molecule has 2 aliphatic heterocycles. The summed E-state index contributed by atoms with van der Waals surface area (Å²) in [5.74, 6) is 0.100. The topological polar surface area (TPSA) is 96.9 Å². The number of carbonyl (C=O) groups excluding carboxylic acids is 2. The van der Waals surface area contributed by atoms with Crippen LogP contribution in [0.3, 0.4) is 0 Å². The summed E-state index contributed by atoms with van der Waals surface area (Å²) in [6.45, 7) is 8.13. The molecule has 0 saturated carbocycles. The number of anilines is 3. The fourth-order valence-electron chi connectivity index (χ4n) is 4.48. The molecule has 0 atom stereocenters. The van der Waals surface area contributed by atoms with E-state index in [0.29, 0.717) is 46.6 Å². The van der Waals surface area contributed by atoms with Gasteiger partial charge in [-0.1, -0.05) is 19.1 Å². The van der Waals surface area contributed by atoms with Crippen LogP contribution >= 0.6 is 0 Å². The first-order valence-electron chi connectivity index (χ1n) is 11.9. The fourth-order valence-corrected chi connectivity index (χ4v) is 4.48. The van der Waals surface area contributed by atoms with Gasteiger partial charge in [0.1, 0.15) is 23.6 Å². The van der Waals surface area contributed by atoms with Crippen LogP contribution in [0.2, 0.25) is 0 Å². The Labute approximate surface area is 208 Å². The molecule has 188 valence electrons. The lowest BCUT2D eigenvalue weighted by molar-refractivity contribution is -0.0779. The Kier molecular flexibility index (Phi) is 5.69. The van der Waals surface area contributed by atoms with Crippen molar-refractivity contribution < 1.29 is 23.5 Å². The molecule has 2 saturated heterocycles. The summed E-state index contributed by atoms with van der Waals surface area (Å²) in [7, 11) is 0. The van der Waals surface area contributed by atoms with Gasteiger partial charge >= 0.3 is 12.2 Å². The third-order valence-electron chi connectivity index (χ3n) is 6.22. The molecule has 10 heteroatoms. The molecule has 1 N–H and O–H groups in total. The second-order valence-electron chi connectivity index (χ2n) is 10.2. The van der Waals surface area contributed by atoms with E-state index in [9.17, 15) is 14.0 Å². The minimum absolute atomic E-state index is 0.265. The zero-order valence-corrected chi connectivity index (χ0v) is 20.7. The van der Waals surface area contributed by atoms with Gasteiger partial charge in [0.25, 0.3) is 0 Å². The van der Waals surface area contributed by atoms with E-state index in [4.69, 9.17) is 9.47 Å². The number of amides is 2. The molecule has 1 aromatic heterocycles. The number of benzene rings is 2. The van der Waals surface area contributed by atoms with Gasteiger partial charge in [-0.3, -0.25) is 9.80 Å². The van der Waals surface area contributed by atoms with Crippen molar-refractivity contribution in [1.29, 1.82) is 0 Å². The molecule has 1 spiro atoms. The maximum atomic E-state index is 14.8. The smallest absolute Gasteiger partial charge is 0.415 e. The van der Waals surface area contributed by atoms with Gasteiger partial charge in [0.2, 0.25) is 0 Å². The average Bonchev–Trinajstić information content (AvgIpc) is 3.16. The Morgan fingerprint density at radius 1 is 1.19 bits per heavy atom. The lowest BCUT2D eigenvalue weighted by Crippen LogP contribution is -2.66. The standard InChI is InChI=1S/C26H28FN5O4/c1-5-16-7-6-8-20(21(16)27)30-22-18-11-17(9-10-19(18)28-15-29-22)32-14-26(36-24(32)34)12-31(13-26)23(33)35-25(2,3)4/h6-11,15H,5,12-14H2,1-4H3,(H,28,29,30). The molecule has 0 unspecified atom stereocenters. The van der Waals surface area contributed by atoms with Crippen molar-refractivity contribution in [1.82, 2.24) is 14.9 Å². The first-order chi connectivity index (χ1) is 17.1. The highest BCUT2D eigenvalue weighted by Gasteiger charge is 2.56.